The average molecular weight is 500 g/mol. The minimum atomic E-state index is -0.852. The first kappa shape index (κ1) is 33.2. The molecule has 0 spiro atoms. The second-order valence-electron chi connectivity index (χ2n) is 11.8. The highest BCUT2D eigenvalue weighted by Gasteiger charge is 2.33. The Morgan fingerprint density at radius 3 is 1.77 bits per heavy atom. The Balaban J connectivity index is 5.37. The molecule has 8 heteroatoms. The fourth-order valence-electron chi connectivity index (χ4n) is 3.82. The summed E-state index contributed by atoms with van der Waals surface area (Å²) in [4.78, 5) is 38.6. The number of ether oxygens (including phenoxy) is 1. The molecule has 0 saturated heterocycles. The van der Waals surface area contributed by atoms with Crippen molar-refractivity contribution in [3.63, 3.8) is 0 Å². The third-order valence-corrected chi connectivity index (χ3v) is 5.74. The van der Waals surface area contributed by atoms with Crippen molar-refractivity contribution in [2.45, 2.75) is 138 Å². The molecular weight excluding hydrogens is 446 g/mol. The summed E-state index contributed by atoms with van der Waals surface area (Å²) in [6.45, 7) is 18.9. The van der Waals surface area contributed by atoms with E-state index in [2.05, 4.69) is 36.7 Å². The maximum Gasteiger partial charge on any atom is 0.408 e. The Kier molecular flexibility index (Phi) is 15.2. The van der Waals surface area contributed by atoms with E-state index >= 15 is 0 Å². The van der Waals surface area contributed by atoms with Gasteiger partial charge in [-0.15, -0.1) is 0 Å². The number of unbranched alkanes of at least 4 members (excludes halogenated alkanes) is 3. The van der Waals surface area contributed by atoms with Crippen molar-refractivity contribution in [3.8, 4) is 0 Å². The van der Waals surface area contributed by atoms with E-state index in [9.17, 15) is 19.5 Å². The Morgan fingerprint density at radius 1 is 0.800 bits per heavy atom. The van der Waals surface area contributed by atoms with E-state index in [4.69, 9.17) is 4.74 Å². The van der Waals surface area contributed by atoms with E-state index in [1.54, 1.807) is 20.8 Å². The number of aliphatic hydroxyl groups is 1. The van der Waals surface area contributed by atoms with Crippen molar-refractivity contribution in [1.82, 2.24) is 16.0 Å². The van der Waals surface area contributed by atoms with E-state index in [1.807, 2.05) is 27.7 Å². The lowest BCUT2D eigenvalue weighted by atomic mass is 9.94. The fourth-order valence-corrected chi connectivity index (χ4v) is 3.82. The Hall–Kier alpha value is -1.83. The van der Waals surface area contributed by atoms with Gasteiger partial charge in [0.05, 0.1) is 12.1 Å². The molecule has 4 atom stereocenters. The molecule has 206 valence electrons. The normalized spacial score (nSPS) is 15.5. The third kappa shape index (κ3) is 14.4. The van der Waals surface area contributed by atoms with E-state index in [0.29, 0.717) is 18.8 Å². The number of rotatable bonds is 15. The molecule has 0 aromatic carbocycles. The largest absolute Gasteiger partial charge is 0.444 e. The third-order valence-electron chi connectivity index (χ3n) is 5.74. The van der Waals surface area contributed by atoms with Crippen molar-refractivity contribution in [3.05, 3.63) is 0 Å². The van der Waals surface area contributed by atoms with Crippen LogP contribution in [0.15, 0.2) is 0 Å². The Labute approximate surface area is 213 Å². The van der Waals surface area contributed by atoms with Crippen LogP contribution in [0.1, 0.15) is 108 Å². The molecular formula is C27H53N3O5. The number of carbonyl (C=O) groups is 3. The fraction of sp³-hybridized carbons (Fsp3) is 0.889. The van der Waals surface area contributed by atoms with Crippen LogP contribution in [-0.2, 0) is 14.3 Å². The number of carbonyl (C=O) groups excluding carboxylic acids is 3. The molecule has 3 amide bonds. The zero-order chi connectivity index (χ0) is 27.3. The molecule has 4 N–H and O–H groups in total. The highest BCUT2D eigenvalue weighted by atomic mass is 16.6. The Morgan fingerprint density at radius 2 is 1.31 bits per heavy atom. The molecule has 0 aromatic heterocycles. The molecule has 0 radical (unpaired) electrons. The number of nitrogens with one attached hydrogen (secondary N) is 3. The first-order chi connectivity index (χ1) is 16.1. The predicted molar refractivity (Wildman–Crippen MR) is 141 cm³/mol. The standard InChI is InChI=1S/C27H53N3O5/c1-11-12-13-14-15-21(31)20(16-17(2)3)28-24(32)22(18(4)5)29-25(33)23(19(6)7)30-26(34)35-27(8,9)10/h17-23,31H,11-16H2,1-10H3,(H,28,32)(H,29,33)(H,30,34)/t20-,21?,22-,23-/m0/s1. The summed E-state index contributed by atoms with van der Waals surface area (Å²) >= 11 is 0. The average Bonchev–Trinajstić information content (AvgIpc) is 2.70. The minimum Gasteiger partial charge on any atom is -0.444 e. The van der Waals surface area contributed by atoms with Gasteiger partial charge in [0.1, 0.15) is 17.7 Å². The lowest BCUT2D eigenvalue weighted by Gasteiger charge is -2.31. The first-order valence-corrected chi connectivity index (χ1v) is 13.4. The van der Waals surface area contributed by atoms with Gasteiger partial charge in [0.2, 0.25) is 11.8 Å². The number of aliphatic hydroxyl groups excluding tert-OH is 1. The molecule has 0 aliphatic heterocycles. The lowest BCUT2D eigenvalue weighted by molar-refractivity contribution is -0.132. The van der Waals surface area contributed by atoms with Gasteiger partial charge in [0, 0.05) is 0 Å². The molecule has 0 aliphatic rings. The van der Waals surface area contributed by atoms with Gasteiger partial charge in [0.25, 0.3) is 0 Å². The molecule has 0 heterocycles. The second kappa shape index (κ2) is 16.0. The number of alkyl carbamates (subject to hydrolysis) is 1. The van der Waals surface area contributed by atoms with Crippen molar-refractivity contribution < 1.29 is 24.2 Å². The molecule has 0 bridgehead atoms. The monoisotopic (exact) mass is 499 g/mol. The van der Waals surface area contributed by atoms with Gasteiger partial charge >= 0.3 is 6.09 Å². The highest BCUT2D eigenvalue weighted by molar-refractivity contribution is 5.91. The number of amides is 3. The molecule has 0 aliphatic carbocycles. The predicted octanol–water partition coefficient (Wildman–Crippen LogP) is 4.54. The maximum absolute atomic E-state index is 13.2. The van der Waals surface area contributed by atoms with Gasteiger partial charge in [-0.2, -0.15) is 0 Å². The van der Waals surface area contributed by atoms with Crippen LogP contribution in [0.5, 0.6) is 0 Å². The lowest BCUT2D eigenvalue weighted by Crippen LogP contribution is -2.59. The summed E-state index contributed by atoms with van der Waals surface area (Å²) in [5.74, 6) is -0.876. The van der Waals surface area contributed by atoms with E-state index in [1.165, 1.54) is 0 Å². The molecule has 0 fully saturated rings. The minimum absolute atomic E-state index is 0.185. The van der Waals surface area contributed by atoms with Crippen LogP contribution in [0.3, 0.4) is 0 Å². The quantitative estimate of drug-likeness (QED) is 0.247. The summed E-state index contributed by atoms with van der Waals surface area (Å²) < 4.78 is 5.29. The molecule has 0 rings (SSSR count). The highest BCUT2D eigenvalue weighted by Crippen LogP contribution is 2.16. The van der Waals surface area contributed by atoms with Crippen molar-refractivity contribution >= 4 is 17.9 Å². The number of hydrogen-bond donors (Lipinski definition) is 4. The summed E-state index contributed by atoms with van der Waals surface area (Å²) in [5, 5.41) is 19.2. The summed E-state index contributed by atoms with van der Waals surface area (Å²) in [6.07, 6.45) is 4.18. The molecule has 35 heavy (non-hydrogen) atoms. The van der Waals surface area contributed by atoms with Gasteiger partial charge in [0.15, 0.2) is 0 Å². The van der Waals surface area contributed by atoms with Gasteiger partial charge in [-0.25, -0.2) is 4.79 Å². The first-order valence-electron chi connectivity index (χ1n) is 13.4. The van der Waals surface area contributed by atoms with Gasteiger partial charge in [-0.1, -0.05) is 74.1 Å². The molecule has 0 saturated carbocycles. The molecule has 8 nitrogen and oxygen atoms in total. The maximum atomic E-state index is 13.2. The Bertz CT molecular complexity index is 643. The molecule has 0 aromatic rings. The van der Waals surface area contributed by atoms with Crippen molar-refractivity contribution in [2.24, 2.45) is 17.8 Å². The van der Waals surface area contributed by atoms with Crippen LogP contribution in [0.2, 0.25) is 0 Å². The van der Waals surface area contributed by atoms with E-state index < -0.39 is 35.8 Å². The van der Waals surface area contributed by atoms with Gasteiger partial charge in [-0.3, -0.25) is 9.59 Å². The topological polar surface area (TPSA) is 117 Å². The van der Waals surface area contributed by atoms with Crippen LogP contribution in [0, 0.1) is 17.8 Å². The van der Waals surface area contributed by atoms with Crippen LogP contribution < -0.4 is 16.0 Å². The number of hydrogen-bond acceptors (Lipinski definition) is 5. The molecule has 1 unspecified atom stereocenters. The summed E-state index contributed by atoms with van der Waals surface area (Å²) in [5.41, 5.74) is -0.689. The summed E-state index contributed by atoms with van der Waals surface area (Å²) in [6, 6.07) is -2.04. The summed E-state index contributed by atoms with van der Waals surface area (Å²) in [7, 11) is 0. The van der Waals surface area contributed by atoms with Gasteiger partial charge < -0.3 is 25.8 Å². The van der Waals surface area contributed by atoms with Crippen molar-refractivity contribution in [2.75, 3.05) is 0 Å². The zero-order valence-electron chi connectivity index (χ0n) is 23.9. The van der Waals surface area contributed by atoms with Crippen molar-refractivity contribution in [1.29, 1.82) is 0 Å². The smallest absolute Gasteiger partial charge is 0.408 e. The van der Waals surface area contributed by atoms with Crippen LogP contribution in [0.25, 0.3) is 0 Å². The van der Waals surface area contributed by atoms with Crippen LogP contribution >= 0.6 is 0 Å². The van der Waals surface area contributed by atoms with Gasteiger partial charge in [-0.05, 0) is 51.4 Å². The van der Waals surface area contributed by atoms with Crippen LogP contribution in [-0.4, -0.2) is 52.8 Å². The van der Waals surface area contributed by atoms with Crippen LogP contribution in [0.4, 0.5) is 4.79 Å². The van der Waals surface area contributed by atoms with E-state index in [-0.39, 0.29) is 23.8 Å². The second-order valence-corrected chi connectivity index (χ2v) is 11.8. The zero-order valence-corrected chi connectivity index (χ0v) is 23.9. The SMILES string of the molecule is CCCCCCC(O)[C@H](CC(C)C)NC(=O)[C@@H](NC(=O)[C@@H](NC(=O)OC(C)(C)C)C(C)C)C(C)C. The van der Waals surface area contributed by atoms with E-state index in [0.717, 1.165) is 25.7 Å².